The number of likely N-dealkylation sites (N-methyl/N-ethyl adjacent to an activating group) is 1. The maximum atomic E-state index is 12.2. The van der Waals surface area contributed by atoms with Crippen LogP contribution in [0.3, 0.4) is 0 Å². The van der Waals surface area contributed by atoms with Crippen molar-refractivity contribution in [3.8, 4) is 0 Å². The number of Topliss-reactive ketones (excluding diaryl/α,β-unsaturated/α-hetero) is 1. The third kappa shape index (κ3) is 4.24. The average molecular weight is 249 g/mol. The number of carbonyl (C=O) groups excluding carboxylic acids is 1. The first-order valence-corrected chi connectivity index (χ1v) is 6.41. The summed E-state index contributed by atoms with van der Waals surface area (Å²) in [6, 6.07) is 7.49. The Hall–Kier alpha value is -1.19. The van der Waals surface area contributed by atoms with Crippen LogP contribution in [0.15, 0.2) is 24.3 Å². The molecule has 0 saturated heterocycles. The van der Waals surface area contributed by atoms with Crippen LogP contribution in [0.25, 0.3) is 0 Å². The molecule has 2 unspecified atom stereocenters. The van der Waals surface area contributed by atoms with Crippen LogP contribution in [0, 0.1) is 6.92 Å². The predicted octanol–water partition coefficient (Wildman–Crippen LogP) is 2.27. The molecule has 2 atom stereocenters. The smallest absolute Gasteiger partial charge is 0.179 e. The zero-order valence-corrected chi connectivity index (χ0v) is 11.7. The van der Waals surface area contributed by atoms with Gasteiger partial charge in [0.15, 0.2) is 5.78 Å². The first-order valence-electron chi connectivity index (χ1n) is 6.41. The summed E-state index contributed by atoms with van der Waals surface area (Å²) in [5.41, 5.74) is 1.90. The SMILES string of the molecule is Cc1ccc(C(=O)C(C)N(C)CCC(C)O)cc1. The van der Waals surface area contributed by atoms with Crippen molar-refractivity contribution < 1.29 is 9.90 Å². The van der Waals surface area contributed by atoms with E-state index in [4.69, 9.17) is 0 Å². The van der Waals surface area contributed by atoms with Crippen LogP contribution in [-0.4, -0.2) is 41.5 Å². The monoisotopic (exact) mass is 249 g/mol. The summed E-state index contributed by atoms with van der Waals surface area (Å²) in [7, 11) is 1.92. The number of nitrogens with zero attached hydrogens (tertiary/aromatic N) is 1. The van der Waals surface area contributed by atoms with E-state index >= 15 is 0 Å². The lowest BCUT2D eigenvalue weighted by atomic mass is 10.0. The van der Waals surface area contributed by atoms with Crippen molar-refractivity contribution in [2.75, 3.05) is 13.6 Å². The Morgan fingerprint density at radius 1 is 1.28 bits per heavy atom. The number of benzene rings is 1. The molecule has 0 aliphatic carbocycles. The van der Waals surface area contributed by atoms with E-state index in [-0.39, 0.29) is 17.9 Å². The molecule has 0 spiro atoms. The summed E-state index contributed by atoms with van der Waals surface area (Å²) in [5, 5.41) is 9.26. The molecule has 3 nitrogen and oxygen atoms in total. The highest BCUT2D eigenvalue weighted by atomic mass is 16.3. The molecule has 100 valence electrons. The molecule has 1 rings (SSSR count). The van der Waals surface area contributed by atoms with Crippen LogP contribution in [-0.2, 0) is 0 Å². The second kappa shape index (κ2) is 6.66. The number of hydrogen-bond donors (Lipinski definition) is 1. The second-order valence-corrected chi connectivity index (χ2v) is 5.02. The Morgan fingerprint density at radius 2 is 1.83 bits per heavy atom. The zero-order valence-electron chi connectivity index (χ0n) is 11.7. The number of rotatable bonds is 6. The van der Waals surface area contributed by atoms with Crippen molar-refractivity contribution >= 4 is 5.78 Å². The van der Waals surface area contributed by atoms with Crippen LogP contribution in [0.5, 0.6) is 0 Å². The van der Waals surface area contributed by atoms with Gasteiger partial charge in [-0.3, -0.25) is 9.69 Å². The van der Waals surface area contributed by atoms with Gasteiger partial charge in [-0.2, -0.15) is 0 Å². The number of aliphatic hydroxyl groups is 1. The molecule has 0 aliphatic rings. The molecular weight excluding hydrogens is 226 g/mol. The van der Waals surface area contributed by atoms with Crippen LogP contribution >= 0.6 is 0 Å². The normalized spacial score (nSPS) is 14.6. The van der Waals surface area contributed by atoms with Gasteiger partial charge < -0.3 is 5.11 Å². The molecular formula is C15H23NO2. The lowest BCUT2D eigenvalue weighted by Crippen LogP contribution is -2.37. The highest BCUT2D eigenvalue weighted by Crippen LogP contribution is 2.10. The molecule has 1 aromatic rings. The minimum absolute atomic E-state index is 0.128. The average Bonchev–Trinajstić information content (AvgIpc) is 2.35. The summed E-state index contributed by atoms with van der Waals surface area (Å²) >= 11 is 0. The number of carbonyl (C=O) groups is 1. The van der Waals surface area contributed by atoms with Crippen LogP contribution in [0.2, 0.25) is 0 Å². The van der Waals surface area contributed by atoms with Gasteiger partial charge in [0.2, 0.25) is 0 Å². The molecule has 0 amide bonds. The number of ketones is 1. The van der Waals surface area contributed by atoms with Gasteiger partial charge in [0.05, 0.1) is 12.1 Å². The molecule has 0 aliphatic heterocycles. The van der Waals surface area contributed by atoms with Crippen molar-refractivity contribution in [2.24, 2.45) is 0 Å². The molecule has 0 fully saturated rings. The van der Waals surface area contributed by atoms with Crippen LogP contribution < -0.4 is 0 Å². The van der Waals surface area contributed by atoms with Gasteiger partial charge in [-0.05, 0) is 34.2 Å². The number of hydrogen-bond acceptors (Lipinski definition) is 3. The van der Waals surface area contributed by atoms with E-state index in [0.29, 0.717) is 6.42 Å². The molecule has 3 heteroatoms. The molecule has 0 bridgehead atoms. The Kier molecular flexibility index (Phi) is 5.51. The molecule has 0 radical (unpaired) electrons. The summed E-state index contributed by atoms with van der Waals surface area (Å²) in [4.78, 5) is 14.2. The summed E-state index contributed by atoms with van der Waals surface area (Å²) < 4.78 is 0. The first kappa shape index (κ1) is 14.9. The highest BCUT2D eigenvalue weighted by molar-refractivity contribution is 5.99. The molecule has 1 aromatic carbocycles. The molecule has 1 N–H and O–H groups in total. The summed E-state index contributed by atoms with van der Waals surface area (Å²) in [6.07, 6.45) is 0.358. The Morgan fingerprint density at radius 3 is 2.33 bits per heavy atom. The quantitative estimate of drug-likeness (QED) is 0.786. The van der Waals surface area contributed by atoms with Gasteiger partial charge in [0.25, 0.3) is 0 Å². The van der Waals surface area contributed by atoms with E-state index in [1.807, 2.05) is 50.1 Å². The van der Waals surface area contributed by atoms with Crippen molar-refractivity contribution in [3.05, 3.63) is 35.4 Å². The van der Waals surface area contributed by atoms with Crippen molar-refractivity contribution in [1.29, 1.82) is 0 Å². The standard InChI is InChI=1S/C15H23NO2/c1-11-5-7-14(8-6-11)15(18)13(3)16(4)10-9-12(2)17/h5-8,12-13,17H,9-10H2,1-4H3. The van der Waals surface area contributed by atoms with E-state index in [0.717, 1.165) is 17.7 Å². The van der Waals surface area contributed by atoms with E-state index in [2.05, 4.69) is 0 Å². The Labute approximate surface area is 109 Å². The Balaban J connectivity index is 2.62. The topological polar surface area (TPSA) is 40.5 Å². The minimum Gasteiger partial charge on any atom is -0.393 e. The molecule has 18 heavy (non-hydrogen) atoms. The van der Waals surface area contributed by atoms with E-state index in [1.54, 1.807) is 6.92 Å². The minimum atomic E-state index is -0.325. The fourth-order valence-corrected chi connectivity index (χ4v) is 1.74. The van der Waals surface area contributed by atoms with Gasteiger partial charge in [-0.15, -0.1) is 0 Å². The van der Waals surface area contributed by atoms with Crippen molar-refractivity contribution in [2.45, 2.75) is 39.3 Å². The van der Waals surface area contributed by atoms with Crippen LogP contribution in [0.1, 0.15) is 36.2 Å². The molecule has 0 aromatic heterocycles. The lowest BCUT2D eigenvalue weighted by molar-refractivity contribution is 0.0844. The van der Waals surface area contributed by atoms with E-state index < -0.39 is 0 Å². The van der Waals surface area contributed by atoms with Gasteiger partial charge in [-0.25, -0.2) is 0 Å². The van der Waals surface area contributed by atoms with Gasteiger partial charge >= 0.3 is 0 Å². The third-order valence-corrected chi connectivity index (χ3v) is 3.28. The van der Waals surface area contributed by atoms with E-state index in [1.165, 1.54) is 0 Å². The predicted molar refractivity (Wildman–Crippen MR) is 73.9 cm³/mol. The van der Waals surface area contributed by atoms with Gasteiger partial charge in [0.1, 0.15) is 0 Å². The number of aryl methyl sites for hydroxylation is 1. The summed E-state index contributed by atoms with van der Waals surface area (Å²) in [5.74, 6) is 0.128. The largest absolute Gasteiger partial charge is 0.393 e. The van der Waals surface area contributed by atoms with E-state index in [9.17, 15) is 9.90 Å². The second-order valence-electron chi connectivity index (χ2n) is 5.02. The third-order valence-electron chi connectivity index (χ3n) is 3.28. The fraction of sp³-hybridized carbons (Fsp3) is 0.533. The van der Waals surface area contributed by atoms with Gasteiger partial charge in [-0.1, -0.05) is 29.8 Å². The molecule has 0 heterocycles. The molecule has 0 saturated carbocycles. The van der Waals surface area contributed by atoms with Gasteiger partial charge in [0, 0.05) is 12.1 Å². The fourth-order valence-electron chi connectivity index (χ4n) is 1.74. The highest BCUT2D eigenvalue weighted by Gasteiger charge is 2.19. The summed E-state index contributed by atoms with van der Waals surface area (Å²) in [6.45, 7) is 6.40. The zero-order chi connectivity index (χ0) is 13.7. The maximum absolute atomic E-state index is 12.2. The van der Waals surface area contributed by atoms with Crippen LogP contribution in [0.4, 0.5) is 0 Å². The lowest BCUT2D eigenvalue weighted by Gasteiger charge is -2.24. The van der Waals surface area contributed by atoms with Crippen molar-refractivity contribution in [1.82, 2.24) is 4.90 Å². The number of aliphatic hydroxyl groups excluding tert-OH is 1. The first-order chi connectivity index (χ1) is 8.41. The Bertz CT molecular complexity index is 384. The van der Waals surface area contributed by atoms with Crippen molar-refractivity contribution in [3.63, 3.8) is 0 Å². The maximum Gasteiger partial charge on any atom is 0.179 e.